The molecule has 0 aromatic heterocycles. The van der Waals surface area contributed by atoms with Crippen molar-refractivity contribution in [2.45, 2.75) is 58.7 Å². The Labute approximate surface area is 268 Å². The van der Waals surface area contributed by atoms with Crippen LogP contribution in [0.25, 0.3) is 11.1 Å². The predicted octanol–water partition coefficient (Wildman–Crippen LogP) is 2.07. The summed E-state index contributed by atoms with van der Waals surface area (Å²) < 4.78 is 5.71. The Kier molecular flexibility index (Phi) is 8.28. The predicted molar refractivity (Wildman–Crippen MR) is 169 cm³/mol. The van der Waals surface area contributed by atoms with Crippen LogP contribution in [0, 0.1) is 28.6 Å². The van der Waals surface area contributed by atoms with Gasteiger partial charge in [0, 0.05) is 17.5 Å². The molecule has 0 spiro atoms. The summed E-state index contributed by atoms with van der Waals surface area (Å²) >= 11 is 0. The van der Waals surface area contributed by atoms with Crippen molar-refractivity contribution in [3.63, 3.8) is 0 Å². The molecule has 2 aromatic carbocycles. The summed E-state index contributed by atoms with van der Waals surface area (Å²) in [6.07, 6.45) is 0.0237. The van der Waals surface area contributed by atoms with E-state index < -0.39 is 63.3 Å². The molecule has 5 N–H and O–H groups in total. The number of aromatic hydroxyl groups is 1. The molecular formula is C35H43N3O8. The molecule has 0 heterocycles. The summed E-state index contributed by atoms with van der Waals surface area (Å²) in [4.78, 5) is 70.1. The van der Waals surface area contributed by atoms with Crippen molar-refractivity contribution >= 4 is 29.0 Å². The lowest BCUT2D eigenvalue weighted by atomic mass is 9.42. The highest BCUT2D eigenvalue weighted by Crippen LogP contribution is 2.62. The number of ketones is 4. The maximum Gasteiger partial charge on any atom is 0.235 e. The van der Waals surface area contributed by atoms with Crippen LogP contribution in [0.4, 0.5) is 0 Å². The quantitative estimate of drug-likeness (QED) is 0.315. The number of hydrogen-bond acceptors (Lipinski definition) is 10. The van der Waals surface area contributed by atoms with Crippen molar-refractivity contribution in [2.24, 2.45) is 34.3 Å². The number of fused-ring (bicyclic) bond motifs is 3. The third-order valence-electron chi connectivity index (χ3n) is 10.3. The van der Waals surface area contributed by atoms with Gasteiger partial charge in [0.1, 0.15) is 11.5 Å². The second-order valence-corrected chi connectivity index (χ2v) is 14.3. The number of rotatable bonds is 8. The Morgan fingerprint density at radius 1 is 1.09 bits per heavy atom. The maximum absolute atomic E-state index is 14.5. The fraction of sp³-hybridized carbons (Fsp3) is 0.514. The number of hydrogen-bond donors (Lipinski definition) is 4. The number of phenols is 1. The fourth-order valence-electron chi connectivity index (χ4n) is 8.55. The van der Waals surface area contributed by atoms with E-state index in [0.717, 1.165) is 12.1 Å². The van der Waals surface area contributed by atoms with E-state index in [1.54, 1.807) is 34.2 Å². The van der Waals surface area contributed by atoms with Gasteiger partial charge in [-0.1, -0.05) is 39.8 Å². The number of carbonyl (C=O) groups is 5. The van der Waals surface area contributed by atoms with Gasteiger partial charge < -0.3 is 26.0 Å². The molecule has 0 radical (unpaired) electrons. The highest BCUT2D eigenvalue weighted by molar-refractivity contribution is 6.33. The summed E-state index contributed by atoms with van der Waals surface area (Å²) in [5.41, 5.74) is 2.47. The number of likely N-dealkylation sites (N-methyl/N-ethyl adjacent to an activating group) is 1. The summed E-state index contributed by atoms with van der Waals surface area (Å²) in [5, 5.41) is 26.6. The number of amides is 1. The van der Waals surface area contributed by atoms with Crippen LogP contribution in [0.5, 0.6) is 11.5 Å². The van der Waals surface area contributed by atoms with E-state index in [1.807, 2.05) is 18.2 Å². The molecular weight excluding hydrogens is 590 g/mol. The van der Waals surface area contributed by atoms with Gasteiger partial charge in [0.15, 0.2) is 34.7 Å². The first-order valence-corrected chi connectivity index (χ1v) is 15.5. The minimum absolute atomic E-state index is 0.0686. The van der Waals surface area contributed by atoms with Crippen LogP contribution >= 0.6 is 0 Å². The highest BCUT2D eigenvalue weighted by atomic mass is 16.5. The molecule has 2 saturated carbocycles. The number of primary amides is 1. The van der Waals surface area contributed by atoms with Crippen LogP contribution in [0.1, 0.15) is 55.6 Å². The molecule has 0 saturated heterocycles. The van der Waals surface area contributed by atoms with Crippen molar-refractivity contribution in [3.05, 3.63) is 47.0 Å². The Morgan fingerprint density at radius 2 is 1.76 bits per heavy atom. The third-order valence-corrected chi connectivity index (χ3v) is 10.3. The first kappa shape index (κ1) is 33.4. The van der Waals surface area contributed by atoms with Crippen molar-refractivity contribution < 1.29 is 38.9 Å². The fourth-order valence-corrected chi connectivity index (χ4v) is 8.55. The number of phenolic OH excluding ortho intramolecular Hbond substituents is 1. The molecule has 11 nitrogen and oxygen atoms in total. The molecule has 2 unspecified atom stereocenters. The largest absolute Gasteiger partial charge is 0.507 e. The Balaban J connectivity index is 1.69. The number of nitrogens with two attached hydrogens (primary N) is 1. The molecule has 6 atom stereocenters. The number of aliphatic hydroxyl groups is 1. The molecule has 46 heavy (non-hydrogen) atoms. The summed E-state index contributed by atoms with van der Waals surface area (Å²) in [6, 6.07) is 7.63. The zero-order valence-corrected chi connectivity index (χ0v) is 27.4. The van der Waals surface area contributed by atoms with Crippen LogP contribution in [-0.4, -0.2) is 83.5 Å². The van der Waals surface area contributed by atoms with Gasteiger partial charge in [-0.2, -0.15) is 0 Å². The van der Waals surface area contributed by atoms with Gasteiger partial charge >= 0.3 is 0 Å². The molecule has 5 rings (SSSR count). The van der Waals surface area contributed by atoms with Crippen molar-refractivity contribution in [3.8, 4) is 22.6 Å². The molecule has 2 fully saturated rings. The maximum atomic E-state index is 14.5. The Bertz CT molecular complexity index is 1670. The van der Waals surface area contributed by atoms with Gasteiger partial charge in [-0.05, 0) is 79.7 Å². The van der Waals surface area contributed by atoms with E-state index in [9.17, 15) is 34.2 Å². The topological polar surface area (TPSA) is 176 Å². The van der Waals surface area contributed by atoms with Gasteiger partial charge in [-0.25, -0.2) is 0 Å². The molecule has 246 valence electrons. The molecule has 2 aromatic rings. The number of carbonyl (C=O) groups excluding carboxylic acids is 5. The van der Waals surface area contributed by atoms with Gasteiger partial charge in [0.05, 0.1) is 24.6 Å². The first-order valence-electron chi connectivity index (χ1n) is 15.5. The van der Waals surface area contributed by atoms with E-state index in [1.165, 1.54) is 17.9 Å². The second-order valence-electron chi connectivity index (χ2n) is 14.3. The summed E-state index contributed by atoms with van der Waals surface area (Å²) in [7, 11) is 4.67. The van der Waals surface area contributed by atoms with E-state index in [2.05, 4.69) is 19.2 Å². The van der Waals surface area contributed by atoms with Crippen LogP contribution in [0.15, 0.2) is 30.3 Å². The molecule has 0 bridgehead atoms. The molecule has 3 aliphatic carbocycles. The zero-order valence-electron chi connectivity index (χ0n) is 27.4. The van der Waals surface area contributed by atoms with E-state index in [4.69, 9.17) is 10.5 Å². The third kappa shape index (κ3) is 4.70. The van der Waals surface area contributed by atoms with Gasteiger partial charge in [0.25, 0.3) is 0 Å². The lowest BCUT2D eigenvalue weighted by Crippen LogP contribution is -2.79. The highest BCUT2D eigenvalue weighted by Gasteiger charge is 2.76. The van der Waals surface area contributed by atoms with E-state index in [-0.39, 0.29) is 24.2 Å². The number of nitrogens with one attached hydrogen (secondary N) is 1. The summed E-state index contributed by atoms with van der Waals surface area (Å²) in [6.45, 7) is 8.88. The van der Waals surface area contributed by atoms with Crippen LogP contribution < -0.4 is 15.8 Å². The minimum Gasteiger partial charge on any atom is -0.507 e. The lowest BCUT2D eigenvalue weighted by molar-refractivity contribution is -0.203. The monoisotopic (exact) mass is 633 g/mol. The Hall–Kier alpha value is -3.93. The van der Waals surface area contributed by atoms with Gasteiger partial charge in [0.2, 0.25) is 5.91 Å². The van der Waals surface area contributed by atoms with Gasteiger partial charge in [-0.3, -0.25) is 28.9 Å². The SMILES string of the molecule is COc1ccc(CNCC(C)C)cc1-c1ccc(O)c2c1C[C@@]1(C)C[C@@]3(C)[C@H](N(C)C)C(=O)C(C(N)=O)C(=O)[C@@]3(O)C(=O)C1C2=O. The lowest BCUT2D eigenvalue weighted by Gasteiger charge is -2.61. The van der Waals surface area contributed by atoms with Crippen LogP contribution in [0.3, 0.4) is 0 Å². The van der Waals surface area contributed by atoms with E-state index in [0.29, 0.717) is 34.9 Å². The minimum atomic E-state index is -2.85. The van der Waals surface area contributed by atoms with Crippen LogP contribution in [0.2, 0.25) is 0 Å². The number of benzene rings is 2. The average Bonchev–Trinajstić information content (AvgIpc) is 2.94. The number of methoxy groups -OCH3 is 1. The second kappa shape index (κ2) is 11.4. The molecule has 3 aliphatic rings. The molecule has 1 amide bonds. The number of ether oxygens (including phenoxy) is 1. The van der Waals surface area contributed by atoms with Crippen molar-refractivity contribution in [1.29, 1.82) is 0 Å². The van der Waals surface area contributed by atoms with Crippen molar-refractivity contribution in [2.75, 3.05) is 27.7 Å². The molecule has 11 heteroatoms. The number of Topliss-reactive ketones (excluding diaryl/α,β-unsaturated/α-hetero) is 4. The molecule has 0 aliphatic heterocycles. The van der Waals surface area contributed by atoms with E-state index >= 15 is 0 Å². The van der Waals surface area contributed by atoms with Crippen molar-refractivity contribution in [1.82, 2.24) is 10.2 Å². The number of nitrogens with zero attached hydrogens (tertiary/aromatic N) is 1. The zero-order chi connectivity index (χ0) is 34.1. The Morgan fingerprint density at radius 3 is 2.35 bits per heavy atom. The average molecular weight is 634 g/mol. The normalized spacial score (nSPS) is 30.7. The smallest absolute Gasteiger partial charge is 0.235 e. The van der Waals surface area contributed by atoms with Gasteiger partial charge in [-0.15, -0.1) is 0 Å². The summed E-state index contributed by atoms with van der Waals surface area (Å²) in [5.74, 6) is -8.08. The standard InChI is InChI=1S/C35H43N3O8/c1-17(2)14-37-15-18-8-11-23(46-7)20(12-18)19-9-10-22(39)24-21(19)13-33(3)16-34(4)29(38(5)6)28(41)25(32(36)44)30(42)35(34,45)31(43)26(33)27(24)40/h8-12,17,25-26,29,37,39,45H,13-16H2,1-7H3,(H2,36,44)/t25?,26?,29-,33+,34+,35-/m1/s1. The van der Waals surface area contributed by atoms with Crippen LogP contribution in [-0.2, 0) is 32.1 Å². The first-order chi connectivity index (χ1) is 21.4.